The van der Waals surface area contributed by atoms with Crippen LogP contribution >= 0.6 is 23.3 Å². The molecule has 1 aliphatic heterocycles. The maximum Gasteiger partial charge on any atom is 0.0892 e. The Balaban J connectivity index is 1.89. The van der Waals surface area contributed by atoms with E-state index in [2.05, 4.69) is 21.8 Å². The minimum atomic E-state index is 1.25. The Labute approximate surface area is 93.8 Å². The Morgan fingerprint density at radius 2 is 2.07 bits per heavy atom. The second kappa shape index (κ2) is 5.05. The van der Waals surface area contributed by atoms with Crippen LogP contribution in [0.1, 0.15) is 19.3 Å². The Morgan fingerprint density at radius 1 is 1.29 bits per heavy atom. The van der Waals surface area contributed by atoms with Crippen LogP contribution in [0.5, 0.6) is 0 Å². The van der Waals surface area contributed by atoms with Crippen LogP contribution in [0.2, 0.25) is 0 Å². The number of nitrogens with zero attached hydrogens (tertiary/aromatic N) is 1. The average molecular weight is 228 g/mol. The Morgan fingerprint density at radius 3 is 2.71 bits per heavy atom. The molecule has 0 saturated carbocycles. The standard InChI is InChI=1S/C10H16N2S2/c1-11-9-5-6-10(13-9)14-12-7-3-2-4-8-12/h5-6,11H,2-4,7-8H2,1H3. The monoisotopic (exact) mass is 228 g/mol. The van der Waals surface area contributed by atoms with Gasteiger partial charge in [0.05, 0.1) is 9.21 Å². The lowest BCUT2D eigenvalue weighted by Gasteiger charge is -2.24. The zero-order chi connectivity index (χ0) is 9.80. The van der Waals surface area contributed by atoms with Gasteiger partial charge in [-0.05, 0) is 36.9 Å². The number of anilines is 1. The summed E-state index contributed by atoms with van der Waals surface area (Å²) in [5.74, 6) is 0. The molecule has 4 heteroatoms. The molecule has 1 aromatic heterocycles. The van der Waals surface area contributed by atoms with E-state index in [0.29, 0.717) is 0 Å². The predicted octanol–water partition coefficient (Wildman–Crippen LogP) is 3.28. The van der Waals surface area contributed by atoms with Crippen molar-refractivity contribution < 1.29 is 0 Å². The van der Waals surface area contributed by atoms with Crippen LogP contribution in [0.15, 0.2) is 16.3 Å². The van der Waals surface area contributed by atoms with Crippen LogP contribution in [0.25, 0.3) is 0 Å². The van der Waals surface area contributed by atoms with Gasteiger partial charge in [-0.25, -0.2) is 4.31 Å². The van der Waals surface area contributed by atoms with Gasteiger partial charge in [-0.3, -0.25) is 0 Å². The summed E-state index contributed by atoms with van der Waals surface area (Å²) in [5, 5.41) is 4.43. The summed E-state index contributed by atoms with van der Waals surface area (Å²) in [5.41, 5.74) is 0. The zero-order valence-corrected chi connectivity index (χ0v) is 10.1. The molecule has 1 aliphatic rings. The van der Waals surface area contributed by atoms with Gasteiger partial charge in [0.2, 0.25) is 0 Å². The fraction of sp³-hybridized carbons (Fsp3) is 0.600. The highest BCUT2D eigenvalue weighted by molar-refractivity contribution is 7.99. The molecule has 14 heavy (non-hydrogen) atoms. The van der Waals surface area contributed by atoms with Gasteiger partial charge in [0.25, 0.3) is 0 Å². The summed E-state index contributed by atoms with van der Waals surface area (Å²) in [7, 11) is 1.97. The van der Waals surface area contributed by atoms with E-state index in [0.717, 1.165) is 0 Å². The number of hydrogen-bond donors (Lipinski definition) is 1. The topological polar surface area (TPSA) is 15.3 Å². The summed E-state index contributed by atoms with van der Waals surface area (Å²) < 4.78 is 3.88. The molecule has 1 saturated heterocycles. The number of piperidine rings is 1. The third kappa shape index (κ3) is 2.65. The van der Waals surface area contributed by atoms with Gasteiger partial charge in [-0.15, -0.1) is 11.3 Å². The summed E-state index contributed by atoms with van der Waals surface area (Å²) in [6, 6.07) is 4.35. The number of hydrogen-bond acceptors (Lipinski definition) is 4. The van der Waals surface area contributed by atoms with Gasteiger partial charge in [-0.2, -0.15) is 0 Å². The molecule has 0 aromatic carbocycles. The molecular weight excluding hydrogens is 212 g/mol. The summed E-state index contributed by atoms with van der Waals surface area (Å²) >= 11 is 3.75. The highest BCUT2D eigenvalue weighted by Crippen LogP contribution is 2.33. The lowest BCUT2D eigenvalue weighted by atomic mass is 10.2. The molecule has 0 aliphatic carbocycles. The first-order valence-corrected chi connectivity index (χ1v) is 6.68. The fourth-order valence-corrected chi connectivity index (χ4v) is 3.74. The Hall–Kier alpha value is -0.190. The first kappa shape index (κ1) is 10.3. The molecule has 1 aromatic rings. The van der Waals surface area contributed by atoms with Crippen molar-refractivity contribution in [2.45, 2.75) is 23.5 Å². The van der Waals surface area contributed by atoms with Gasteiger partial charge in [0, 0.05) is 20.1 Å². The number of rotatable bonds is 3. The Bertz CT molecular complexity index is 279. The third-order valence-electron chi connectivity index (χ3n) is 2.36. The highest BCUT2D eigenvalue weighted by Gasteiger charge is 2.12. The van der Waals surface area contributed by atoms with E-state index in [1.807, 2.05) is 30.3 Å². The van der Waals surface area contributed by atoms with Gasteiger partial charge in [-0.1, -0.05) is 6.42 Å². The molecular formula is C10H16N2S2. The average Bonchev–Trinajstić information content (AvgIpc) is 2.67. The second-order valence-electron chi connectivity index (χ2n) is 3.45. The highest BCUT2D eigenvalue weighted by atomic mass is 32.2. The molecule has 2 rings (SSSR count). The predicted molar refractivity (Wildman–Crippen MR) is 65.1 cm³/mol. The minimum Gasteiger partial charge on any atom is -0.380 e. The van der Waals surface area contributed by atoms with Gasteiger partial charge in [0.15, 0.2) is 0 Å². The maximum atomic E-state index is 3.17. The first-order valence-electron chi connectivity index (χ1n) is 5.09. The Kier molecular flexibility index (Phi) is 3.73. The van der Waals surface area contributed by atoms with Crippen LogP contribution in [-0.4, -0.2) is 24.4 Å². The molecule has 1 N–H and O–H groups in total. The second-order valence-corrected chi connectivity index (χ2v) is 5.93. The van der Waals surface area contributed by atoms with Crippen LogP contribution in [-0.2, 0) is 0 Å². The smallest absolute Gasteiger partial charge is 0.0892 e. The fourth-order valence-electron chi connectivity index (χ4n) is 1.59. The van der Waals surface area contributed by atoms with E-state index >= 15 is 0 Å². The van der Waals surface area contributed by atoms with E-state index in [9.17, 15) is 0 Å². The summed E-state index contributed by atoms with van der Waals surface area (Å²) in [6.07, 6.45) is 4.12. The van der Waals surface area contributed by atoms with E-state index in [1.165, 1.54) is 41.6 Å². The van der Waals surface area contributed by atoms with E-state index < -0.39 is 0 Å². The molecule has 2 heterocycles. The van der Waals surface area contributed by atoms with E-state index in [1.54, 1.807) is 0 Å². The minimum absolute atomic E-state index is 1.25. The van der Waals surface area contributed by atoms with Crippen molar-refractivity contribution >= 4 is 28.3 Å². The first-order chi connectivity index (χ1) is 6.88. The summed E-state index contributed by atoms with van der Waals surface area (Å²) in [6.45, 7) is 2.49. The van der Waals surface area contributed by atoms with E-state index in [-0.39, 0.29) is 0 Å². The lowest BCUT2D eigenvalue weighted by Crippen LogP contribution is -2.22. The molecule has 0 spiro atoms. The number of thiophene rings is 1. The molecule has 0 amide bonds. The molecule has 0 radical (unpaired) electrons. The van der Waals surface area contributed by atoms with Crippen LogP contribution in [0.3, 0.4) is 0 Å². The third-order valence-corrected chi connectivity index (χ3v) is 4.67. The zero-order valence-electron chi connectivity index (χ0n) is 8.45. The van der Waals surface area contributed by atoms with Crippen molar-refractivity contribution in [3.63, 3.8) is 0 Å². The van der Waals surface area contributed by atoms with Gasteiger partial charge >= 0.3 is 0 Å². The van der Waals surface area contributed by atoms with Crippen molar-refractivity contribution in [3.05, 3.63) is 12.1 Å². The van der Waals surface area contributed by atoms with Crippen LogP contribution in [0, 0.1) is 0 Å². The van der Waals surface area contributed by atoms with Crippen molar-refractivity contribution in [2.75, 3.05) is 25.5 Å². The lowest BCUT2D eigenvalue weighted by molar-refractivity contribution is 0.381. The largest absolute Gasteiger partial charge is 0.380 e. The van der Waals surface area contributed by atoms with Crippen LogP contribution in [0.4, 0.5) is 5.00 Å². The quantitative estimate of drug-likeness (QED) is 0.799. The van der Waals surface area contributed by atoms with E-state index in [4.69, 9.17) is 0 Å². The SMILES string of the molecule is CNc1ccc(SN2CCCCC2)s1. The molecule has 0 atom stereocenters. The van der Waals surface area contributed by atoms with Crippen molar-refractivity contribution in [3.8, 4) is 0 Å². The summed E-state index contributed by atoms with van der Waals surface area (Å²) in [4.78, 5) is 0. The molecule has 0 unspecified atom stereocenters. The van der Waals surface area contributed by atoms with Crippen molar-refractivity contribution in [2.24, 2.45) is 0 Å². The normalized spacial score (nSPS) is 18.4. The molecule has 2 nitrogen and oxygen atoms in total. The molecule has 0 bridgehead atoms. The molecule has 78 valence electrons. The maximum absolute atomic E-state index is 3.17. The van der Waals surface area contributed by atoms with Crippen LogP contribution < -0.4 is 5.32 Å². The molecule has 1 fully saturated rings. The van der Waals surface area contributed by atoms with Crippen molar-refractivity contribution in [1.29, 1.82) is 0 Å². The van der Waals surface area contributed by atoms with Gasteiger partial charge in [0.1, 0.15) is 0 Å². The number of nitrogens with one attached hydrogen (secondary N) is 1. The van der Waals surface area contributed by atoms with Gasteiger partial charge < -0.3 is 5.32 Å². The van der Waals surface area contributed by atoms with Crippen molar-refractivity contribution in [1.82, 2.24) is 4.31 Å².